The summed E-state index contributed by atoms with van der Waals surface area (Å²) in [6.07, 6.45) is 1.98. The third-order valence-electron chi connectivity index (χ3n) is 2.36. The standard InChI is InChI=1S/C9H8O5/c10-8(11)6-4-2-1-3-5(4)7(14-6)9(12)13/h1-3H2,(H,10,11)(H,12,13). The Bertz CT molecular complexity index is 379. The molecule has 0 unspecified atom stereocenters. The molecule has 1 aliphatic rings. The minimum absolute atomic E-state index is 0.213. The van der Waals surface area contributed by atoms with Gasteiger partial charge in [-0.15, -0.1) is 0 Å². The molecule has 1 aliphatic carbocycles. The fourth-order valence-corrected chi connectivity index (χ4v) is 1.82. The molecule has 0 aliphatic heterocycles. The highest BCUT2D eigenvalue weighted by Crippen LogP contribution is 2.31. The van der Waals surface area contributed by atoms with Crippen LogP contribution in [0, 0.1) is 0 Å². The van der Waals surface area contributed by atoms with Crippen molar-refractivity contribution in [1.29, 1.82) is 0 Å². The zero-order chi connectivity index (χ0) is 10.3. The number of hydrogen-bond donors (Lipinski definition) is 2. The average Bonchev–Trinajstić information content (AvgIpc) is 2.59. The third-order valence-corrected chi connectivity index (χ3v) is 2.36. The van der Waals surface area contributed by atoms with Crippen LogP contribution in [-0.2, 0) is 12.8 Å². The van der Waals surface area contributed by atoms with Gasteiger partial charge in [-0.2, -0.15) is 0 Å². The van der Waals surface area contributed by atoms with Gasteiger partial charge in [-0.25, -0.2) is 9.59 Å². The summed E-state index contributed by atoms with van der Waals surface area (Å²) in [7, 11) is 0. The number of rotatable bonds is 2. The van der Waals surface area contributed by atoms with Crippen molar-refractivity contribution in [2.75, 3.05) is 0 Å². The highest BCUT2D eigenvalue weighted by atomic mass is 16.4. The minimum atomic E-state index is -1.20. The molecule has 2 N–H and O–H groups in total. The van der Waals surface area contributed by atoms with Gasteiger partial charge in [0.25, 0.3) is 0 Å². The summed E-state index contributed by atoms with van der Waals surface area (Å²) in [5.41, 5.74) is 1.10. The fourth-order valence-electron chi connectivity index (χ4n) is 1.82. The highest BCUT2D eigenvalue weighted by molar-refractivity contribution is 5.92. The molecule has 0 radical (unpaired) electrons. The molecule has 5 heteroatoms. The summed E-state index contributed by atoms with van der Waals surface area (Å²) in [6, 6.07) is 0. The van der Waals surface area contributed by atoms with E-state index in [-0.39, 0.29) is 11.5 Å². The number of carbonyl (C=O) groups is 2. The third kappa shape index (κ3) is 1.09. The van der Waals surface area contributed by atoms with Gasteiger partial charge in [0.2, 0.25) is 11.5 Å². The van der Waals surface area contributed by atoms with E-state index in [1.54, 1.807) is 0 Å². The van der Waals surface area contributed by atoms with Crippen LogP contribution in [0.1, 0.15) is 38.7 Å². The van der Waals surface area contributed by atoms with Crippen LogP contribution in [0.3, 0.4) is 0 Å². The first-order chi connectivity index (χ1) is 6.61. The number of aromatic carboxylic acids is 2. The Morgan fingerprint density at radius 2 is 1.43 bits per heavy atom. The van der Waals surface area contributed by atoms with E-state index in [9.17, 15) is 9.59 Å². The lowest BCUT2D eigenvalue weighted by Crippen LogP contribution is -1.98. The van der Waals surface area contributed by atoms with E-state index >= 15 is 0 Å². The van der Waals surface area contributed by atoms with Gasteiger partial charge in [0, 0.05) is 11.1 Å². The maximum absolute atomic E-state index is 10.7. The van der Waals surface area contributed by atoms with Crippen molar-refractivity contribution in [3.05, 3.63) is 22.6 Å². The molecule has 0 saturated carbocycles. The van der Waals surface area contributed by atoms with E-state index in [2.05, 4.69) is 0 Å². The van der Waals surface area contributed by atoms with Crippen molar-refractivity contribution in [1.82, 2.24) is 0 Å². The van der Waals surface area contributed by atoms with E-state index in [0.29, 0.717) is 24.0 Å². The first kappa shape index (κ1) is 8.80. The molecule has 0 aromatic carbocycles. The molecule has 0 bridgehead atoms. The Hall–Kier alpha value is -1.78. The predicted octanol–water partition coefficient (Wildman–Crippen LogP) is 1.16. The summed E-state index contributed by atoms with van der Waals surface area (Å²) >= 11 is 0. The van der Waals surface area contributed by atoms with E-state index in [1.807, 2.05) is 0 Å². The van der Waals surface area contributed by atoms with Crippen LogP contribution in [0.5, 0.6) is 0 Å². The first-order valence-corrected chi connectivity index (χ1v) is 4.22. The lowest BCUT2D eigenvalue weighted by Gasteiger charge is -1.91. The van der Waals surface area contributed by atoms with Crippen molar-refractivity contribution in [2.45, 2.75) is 19.3 Å². The lowest BCUT2D eigenvalue weighted by atomic mass is 10.1. The molecule has 5 nitrogen and oxygen atoms in total. The molecule has 1 aromatic rings. The van der Waals surface area contributed by atoms with E-state index in [0.717, 1.165) is 6.42 Å². The van der Waals surface area contributed by atoms with E-state index in [4.69, 9.17) is 14.6 Å². The zero-order valence-electron chi connectivity index (χ0n) is 7.24. The Kier molecular flexibility index (Phi) is 1.80. The Morgan fingerprint density at radius 1 is 1.00 bits per heavy atom. The van der Waals surface area contributed by atoms with Crippen molar-refractivity contribution in [2.24, 2.45) is 0 Å². The largest absolute Gasteiger partial charge is 0.475 e. The van der Waals surface area contributed by atoms with Crippen LogP contribution in [0.4, 0.5) is 0 Å². The predicted molar refractivity (Wildman–Crippen MR) is 44.7 cm³/mol. The van der Waals surface area contributed by atoms with Crippen LogP contribution in [0.15, 0.2) is 4.42 Å². The average molecular weight is 196 g/mol. The smallest absolute Gasteiger partial charge is 0.372 e. The second kappa shape index (κ2) is 2.87. The molecule has 0 atom stereocenters. The van der Waals surface area contributed by atoms with Crippen molar-refractivity contribution in [3.63, 3.8) is 0 Å². The quantitative estimate of drug-likeness (QED) is 0.741. The Morgan fingerprint density at radius 3 is 1.79 bits per heavy atom. The van der Waals surface area contributed by atoms with Crippen LogP contribution in [-0.4, -0.2) is 22.2 Å². The molecular weight excluding hydrogens is 188 g/mol. The van der Waals surface area contributed by atoms with Gasteiger partial charge in [0.1, 0.15) is 0 Å². The summed E-state index contributed by atoms with van der Waals surface area (Å²) in [5.74, 6) is -2.82. The van der Waals surface area contributed by atoms with E-state index in [1.165, 1.54) is 0 Å². The van der Waals surface area contributed by atoms with Crippen molar-refractivity contribution >= 4 is 11.9 Å². The number of carboxylic acids is 2. The van der Waals surface area contributed by atoms with Crippen LogP contribution in [0.25, 0.3) is 0 Å². The first-order valence-electron chi connectivity index (χ1n) is 4.22. The van der Waals surface area contributed by atoms with Crippen LogP contribution < -0.4 is 0 Å². The van der Waals surface area contributed by atoms with Crippen LogP contribution in [0.2, 0.25) is 0 Å². The summed E-state index contributed by atoms with van der Waals surface area (Å²) in [6.45, 7) is 0. The van der Waals surface area contributed by atoms with Crippen molar-refractivity contribution < 1.29 is 24.2 Å². The molecule has 0 saturated heterocycles. The molecule has 0 fully saturated rings. The van der Waals surface area contributed by atoms with Gasteiger partial charge in [-0.05, 0) is 19.3 Å². The molecule has 1 heterocycles. The van der Waals surface area contributed by atoms with Crippen molar-refractivity contribution in [3.8, 4) is 0 Å². The van der Waals surface area contributed by atoms with Gasteiger partial charge >= 0.3 is 11.9 Å². The second-order valence-corrected chi connectivity index (χ2v) is 3.18. The molecular formula is C9H8O5. The number of furan rings is 1. The zero-order valence-corrected chi connectivity index (χ0v) is 7.24. The number of carboxylic acid groups (broad SMARTS) is 2. The molecule has 14 heavy (non-hydrogen) atoms. The summed E-state index contributed by atoms with van der Waals surface area (Å²) < 4.78 is 4.81. The Labute approximate surface area is 79.0 Å². The number of hydrogen-bond acceptors (Lipinski definition) is 3. The van der Waals surface area contributed by atoms with E-state index < -0.39 is 11.9 Å². The molecule has 0 spiro atoms. The SMILES string of the molecule is O=C(O)c1oc(C(=O)O)c2c1CCC2. The normalized spacial score (nSPS) is 14.0. The van der Waals surface area contributed by atoms with Gasteiger partial charge < -0.3 is 14.6 Å². The Balaban J connectivity index is 2.60. The minimum Gasteiger partial charge on any atom is -0.475 e. The second-order valence-electron chi connectivity index (χ2n) is 3.18. The monoisotopic (exact) mass is 196 g/mol. The molecule has 1 aromatic heterocycles. The maximum atomic E-state index is 10.7. The number of fused-ring (bicyclic) bond motifs is 1. The topological polar surface area (TPSA) is 87.7 Å². The van der Waals surface area contributed by atoms with Gasteiger partial charge in [-0.3, -0.25) is 0 Å². The highest BCUT2D eigenvalue weighted by Gasteiger charge is 2.30. The maximum Gasteiger partial charge on any atom is 0.372 e. The summed E-state index contributed by atoms with van der Waals surface area (Å²) in [4.78, 5) is 21.4. The molecule has 0 amide bonds. The molecule has 74 valence electrons. The summed E-state index contributed by atoms with van der Waals surface area (Å²) in [5, 5.41) is 17.5. The van der Waals surface area contributed by atoms with Gasteiger partial charge in [0.05, 0.1) is 0 Å². The fraction of sp³-hybridized carbons (Fsp3) is 0.333. The van der Waals surface area contributed by atoms with Gasteiger partial charge in [-0.1, -0.05) is 0 Å². The van der Waals surface area contributed by atoms with Crippen LogP contribution >= 0.6 is 0 Å². The lowest BCUT2D eigenvalue weighted by molar-refractivity contribution is 0.0629. The molecule has 2 rings (SSSR count). The van der Waals surface area contributed by atoms with Gasteiger partial charge in [0.15, 0.2) is 0 Å².